The Morgan fingerprint density at radius 3 is 2.68 bits per heavy atom. The molecule has 0 saturated carbocycles. The van der Waals surface area contributed by atoms with E-state index < -0.39 is 0 Å². The van der Waals surface area contributed by atoms with Crippen LogP contribution in [0.15, 0.2) is 39.9 Å². The van der Waals surface area contributed by atoms with Gasteiger partial charge in [-0.25, -0.2) is 4.98 Å². The number of anilines is 1. The molecule has 1 aromatic carbocycles. The Balaban J connectivity index is 1.90. The molecule has 2 amide bonds. The maximum Gasteiger partial charge on any atom is 0.256 e. The summed E-state index contributed by atoms with van der Waals surface area (Å²) in [5.41, 5.74) is 1.72. The fourth-order valence-corrected chi connectivity index (χ4v) is 3.15. The van der Waals surface area contributed by atoms with Crippen LogP contribution in [0, 0.1) is 26.2 Å². The SMILES string of the molecule is C#CCNC(=O)CSc1nc(NC(=O)c2ccccc2)c2c(C)c(C)oc2n1. The van der Waals surface area contributed by atoms with Gasteiger partial charge in [0.25, 0.3) is 5.91 Å². The molecule has 3 aromatic rings. The van der Waals surface area contributed by atoms with E-state index in [0.717, 1.165) is 17.3 Å². The molecule has 0 aliphatic heterocycles. The summed E-state index contributed by atoms with van der Waals surface area (Å²) < 4.78 is 5.70. The zero-order chi connectivity index (χ0) is 20.1. The zero-order valence-corrected chi connectivity index (χ0v) is 16.2. The van der Waals surface area contributed by atoms with Crippen molar-refractivity contribution in [3.8, 4) is 12.3 Å². The quantitative estimate of drug-likeness (QED) is 0.379. The number of hydrogen-bond acceptors (Lipinski definition) is 6. The highest BCUT2D eigenvalue weighted by Gasteiger charge is 2.19. The summed E-state index contributed by atoms with van der Waals surface area (Å²) in [6.45, 7) is 3.86. The first kappa shape index (κ1) is 19.5. The van der Waals surface area contributed by atoms with Gasteiger partial charge in [0, 0.05) is 11.1 Å². The maximum atomic E-state index is 12.6. The number of aromatic nitrogens is 2. The summed E-state index contributed by atoms with van der Waals surface area (Å²) in [5.74, 6) is 2.95. The highest BCUT2D eigenvalue weighted by molar-refractivity contribution is 7.99. The van der Waals surface area contributed by atoms with Gasteiger partial charge in [-0.2, -0.15) is 4.98 Å². The number of thioether (sulfide) groups is 1. The Morgan fingerprint density at radius 2 is 1.96 bits per heavy atom. The van der Waals surface area contributed by atoms with Crippen molar-refractivity contribution in [1.29, 1.82) is 0 Å². The van der Waals surface area contributed by atoms with Crippen molar-refractivity contribution in [3.63, 3.8) is 0 Å². The van der Waals surface area contributed by atoms with Crippen molar-refractivity contribution in [2.45, 2.75) is 19.0 Å². The van der Waals surface area contributed by atoms with Gasteiger partial charge < -0.3 is 15.1 Å². The van der Waals surface area contributed by atoms with Crippen LogP contribution in [0.5, 0.6) is 0 Å². The molecule has 0 aliphatic rings. The predicted octanol–water partition coefficient (Wildman–Crippen LogP) is 2.93. The lowest BCUT2D eigenvalue weighted by Crippen LogP contribution is -2.25. The van der Waals surface area contributed by atoms with Gasteiger partial charge in [0.2, 0.25) is 11.6 Å². The number of fused-ring (bicyclic) bond motifs is 1. The summed E-state index contributed by atoms with van der Waals surface area (Å²) >= 11 is 1.13. The first-order valence-corrected chi connectivity index (χ1v) is 9.45. The van der Waals surface area contributed by atoms with Gasteiger partial charge in [0.15, 0.2) is 5.16 Å². The maximum absolute atomic E-state index is 12.6. The Hall–Kier alpha value is -3.31. The standard InChI is InChI=1S/C20H18N4O3S/c1-4-10-21-15(25)11-28-20-23-17(16-12(2)13(3)27-19(16)24-20)22-18(26)14-8-6-5-7-9-14/h1,5-9H,10-11H2,2-3H3,(H,21,25)(H,22,23,24,26). The van der Waals surface area contributed by atoms with Crippen LogP contribution in [-0.2, 0) is 4.79 Å². The third kappa shape index (κ3) is 4.32. The van der Waals surface area contributed by atoms with Crippen LogP contribution in [0.1, 0.15) is 21.7 Å². The molecule has 0 spiro atoms. The number of carbonyl (C=O) groups is 2. The van der Waals surface area contributed by atoms with E-state index in [2.05, 4.69) is 26.5 Å². The molecule has 0 saturated heterocycles. The minimum absolute atomic E-state index is 0.0952. The predicted molar refractivity (Wildman–Crippen MR) is 108 cm³/mol. The molecule has 28 heavy (non-hydrogen) atoms. The first-order valence-electron chi connectivity index (χ1n) is 8.46. The topological polar surface area (TPSA) is 97.1 Å². The van der Waals surface area contributed by atoms with E-state index in [1.54, 1.807) is 24.3 Å². The molecule has 0 fully saturated rings. The second-order valence-corrected chi connectivity index (χ2v) is 6.85. The molecular formula is C20H18N4O3S. The van der Waals surface area contributed by atoms with E-state index in [1.165, 1.54) is 0 Å². The number of furan rings is 1. The van der Waals surface area contributed by atoms with Crippen molar-refractivity contribution < 1.29 is 14.0 Å². The number of hydrogen-bond donors (Lipinski definition) is 2. The third-order valence-corrected chi connectivity index (χ3v) is 4.84. The van der Waals surface area contributed by atoms with Crippen molar-refractivity contribution >= 4 is 40.5 Å². The molecule has 0 unspecified atom stereocenters. The number of aryl methyl sites for hydroxylation is 2. The Kier molecular flexibility index (Phi) is 5.96. The van der Waals surface area contributed by atoms with Crippen LogP contribution < -0.4 is 10.6 Å². The van der Waals surface area contributed by atoms with Crippen molar-refractivity contribution in [3.05, 3.63) is 47.2 Å². The highest BCUT2D eigenvalue weighted by Crippen LogP contribution is 2.31. The van der Waals surface area contributed by atoms with Crippen molar-refractivity contribution in [1.82, 2.24) is 15.3 Å². The number of carbonyl (C=O) groups excluding carboxylic acids is 2. The van der Waals surface area contributed by atoms with Gasteiger partial charge in [-0.3, -0.25) is 9.59 Å². The minimum atomic E-state index is -0.290. The van der Waals surface area contributed by atoms with Crippen LogP contribution in [0.2, 0.25) is 0 Å². The molecule has 2 aromatic heterocycles. The van der Waals surface area contributed by atoms with E-state index in [9.17, 15) is 9.59 Å². The molecule has 3 rings (SSSR count). The number of nitrogens with one attached hydrogen (secondary N) is 2. The monoisotopic (exact) mass is 394 g/mol. The molecule has 0 aliphatic carbocycles. The highest BCUT2D eigenvalue weighted by atomic mass is 32.2. The third-order valence-electron chi connectivity index (χ3n) is 4.00. The Morgan fingerprint density at radius 1 is 1.21 bits per heavy atom. The molecule has 2 heterocycles. The number of rotatable bonds is 6. The van der Waals surface area contributed by atoms with Crippen LogP contribution in [0.3, 0.4) is 0 Å². The number of benzene rings is 1. The fourth-order valence-electron chi connectivity index (χ4n) is 2.49. The summed E-state index contributed by atoms with van der Waals surface area (Å²) in [4.78, 5) is 33.1. The zero-order valence-electron chi connectivity index (χ0n) is 15.4. The molecule has 2 N–H and O–H groups in total. The first-order chi connectivity index (χ1) is 13.5. The van der Waals surface area contributed by atoms with Gasteiger partial charge in [-0.15, -0.1) is 6.42 Å². The minimum Gasteiger partial charge on any atom is -0.443 e. The van der Waals surface area contributed by atoms with Crippen LogP contribution >= 0.6 is 11.8 Å². The van der Waals surface area contributed by atoms with Crippen LogP contribution in [0.25, 0.3) is 11.1 Å². The van der Waals surface area contributed by atoms with Gasteiger partial charge in [0.1, 0.15) is 11.6 Å². The van der Waals surface area contributed by atoms with E-state index >= 15 is 0 Å². The molecule has 142 valence electrons. The van der Waals surface area contributed by atoms with E-state index in [-0.39, 0.29) is 24.1 Å². The summed E-state index contributed by atoms with van der Waals surface area (Å²) in [5, 5.41) is 6.37. The van der Waals surface area contributed by atoms with Crippen LogP contribution in [0.4, 0.5) is 5.82 Å². The van der Waals surface area contributed by atoms with E-state index in [4.69, 9.17) is 10.8 Å². The fraction of sp³-hybridized carbons (Fsp3) is 0.200. The van der Waals surface area contributed by atoms with Gasteiger partial charge in [-0.05, 0) is 26.0 Å². The van der Waals surface area contributed by atoms with Gasteiger partial charge >= 0.3 is 0 Å². The molecule has 7 nitrogen and oxygen atoms in total. The number of terminal acetylenes is 1. The molecule has 0 atom stereocenters. The summed E-state index contributed by atoms with van der Waals surface area (Å²) in [6, 6.07) is 8.84. The average Bonchev–Trinajstić information content (AvgIpc) is 2.99. The van der Waals surface area contributed by atoms with E-state index in [1.807, 2.05) is 19.9 Å². The Bertz CT molecular complexity index is 1070. The smallest absolute Gasteiger partial charge is 0.256 e. The van der Waals surface area contributed by atoms with Crippen molar-refractivity contribution in [2.24, 2.45) is 0 Å². The van der Waals surface area contributed by atoms with Gasteiger partial charge in [-0.1, -0.05) is 35.9 Å². The number of nitrogens with zero attached hydrogens (tertiary/aromatic N) is 2. The molecular weight excluding hydrogens is 376 g/mol. The summed E-state index contributed by atoms with van der Waals surface area (Å²) in [6.07, 6.45) is 5.13. The molecule has 0 radical (unpaired) electrons. The van der Waals surface area contributed by atoms with Crippen LogP contribution in [-0.4, -0.2) is 34.1 Å². The second-order valence-electron chi connectivity index (χ2n) is 5.91. The second kappa shape index (κ2) is 8.59. The summed E-state index contributed by atoms with van der Waals surface area (Å²) in [7, 11) is 0. The molecule has 0 bridgehead atoms. The molecule has 8 heteroatoms. The largest absolute Gasteiger partial charge is 0.443 e. The normalized spacial score (nSPS) is 10.5. The van der Waals surface area contributed by atoms with Crippen molar-refractivity contribution in [2.75, 3.05) is 17.6 Å². The average molecular weight is 394 g/mol. The lowest BCUT2D eigenvalue weighted by atomic mass is 10.2. The van der Waals surface area contributed by atoms with Gasteiger partial charge in [0.05, 0.1) is 17.7 Å². The lowest BCUT2D eigenvalue weighted by Gasteiger charge is -2.08. The van der Waals surface area contributed by atoms with E-state index in [0.29, 0.717) is 33.4 Å². The lowest BCUT2D eigenvalue weighted by molar-refractivity contribution is -0.118. The number of amides is 2. The Labute approximate surface area is 166 Å².